The van der Waals surface area contributed by atoms with E-state index in [-0.39, 0.29) is 5.60 Å². The first-order valence-electron chi connectivity index (χ1n) is 8.25. The van der Waals surface area contributed by atoms with Gasteiger partial charge in [-0.2, -0.15) is 0 Å². The van der Waals surface area contributed by atoms with Gasteiger partial charge in [-0.05, 0) is 42.5 Å². The van der Waals surface area contributed by atoms with Gasteiger partial charge >= 0.3 is 0 Å². The highest BCUT2D eigenvalue weighted by atomic mass is 32.1. The molecule has 0 unspecified atom stereocenters. The lowest BCUT2D eigenvalue weighted by Gasteiger charge is -2.40. The number of nitrogen functional groups attached to an aromatic ring is 1. The topological polar surface area (TPSA) is 48.1 Å². The first-order chi connectivity index (χ1) is 11.3. The van der Waals surface area contributed by atoms with Gasteiger partial charge in [-0.25, -0.2) is 4.98 Å². The average Bonchev–Trinajstić information content (AvgIpc) is 2.98. The van der Waals surface area contributed by atoms with Crippen LogP contribution >= 0.6 is 11.3 Å². The highest BCUT2D eigenvalue weighted by Crippen LogP contribution is 2.54. The smallest absolute Gasteiger partial charge is 0.180 e. The molecule has 1 fully saturated rings. The van der Waals surface area contributed by atoms with Crippen molar-refractivity contribution in [2.45, 2.75) is 37.7 Å². The van der Waals surface area contributed by atoms with Gasteiger partial charge in [-0.3, -0.25) is 0 Å². The van der Waals surface area contributed by atoms with Gasteiger partial charge in [0.05, 0.1) is 16.1 Å². The Bertz CT molecular complexity index is 909. The summed E-state index contributed by atoms with van der Waals surface area (Å²) < 4.78 is 6.62. The Morgan fingerprint density at radius 1 is 1.04 bits per heavy atom. The van der Waals surface area contributed by atoms with Gasteiger partial charge in [0.15, 0.2) is 5.13 Å². The van der Waals surface area contributed by atoms with E-state index in [1.54, 1.807) is 11.3 Å². The minimum Gasteiger partial charge on any atom is -0.481 e. The molecule has 1 aromatic heterocycles. The van der Waals surface area contributed by atoms with Crippen molar-refractivity contribution in [3.63, 3.8) is 0 Å². The fraction of sp³-hybridized carbons (Fsp3) is 0.316. The van der Waals surface area contributed by atoms with E-state index < -0.39 is 0 Å². The average molecular weight is 322 g/mol. The molecule has 0 saturated heterocycles. The number of aromatic nitrogens is 1. The Balaban J connectivity index is 1.82. The quantitative estimate of drug-likeness (QED) is 0.626. The maximum Gasteiger partial charge on any atom is 0.180 e. The van der Waals surface area contributed by atoms with Gasteiger partial charge in [0.2, 0.25) is 0 Å². The number of thiazole rings is 1. The van der Waals surface area contributed by atoms with Crippen LogP contribution in [-0.2, 0) is 5.60 Å². The summed E-state index contributed by atoms with van der Waals surface area (Å²) in [6, 6.07) is 12.7. The Hall–Kier alpha value is -2.07. The van der Waals surface area contributed by atoms with Crippen molar-refractivity contribution in [1.82, 2.24) is 4.98 Å². The summed E-state index contributed by atoms with van der Waals surface area (Å²) in [7, 11) is 0. The van der Waals surface area contributed by atoms with Crippen LogP contribution < -0.4 is 10.5 Å². The zero-order valence-corrected chi connectivity index (χ0v) is 13.7. The maximum absolute atomic E-state index is 6.62. The normalized spacial score (nSPS) is 18.4. The predicted octanol–water partition coefficient (Wildman–Crippen LogP) is 5.10. The van der Waals surface area contributed by atoms with E-state index in [0.29, 0.717) is 5.13 Å². The van der Waals surface area contributed by atoms with Crippen molar-refractivity contribution >= 4 is 27.2 Å². The molecule has 23 heavy (non-hydrogen) atoms. The van der Waals surface area contributed by atoms with Crippen LogP contribution in [0.15, 0.2) is 36.4 Å². The third-order valence-corrected chi connectivity index (χ3v) is 6.22. The second-order valence-corrected chi connectivity index (χ2v) is 7.58. The number of fused-ring (bicyclic) bond motifs is 6. The largest absolute Gasteiger partial charge is 0.481 e. The second-order valence-electron chi connectivity index (χ2n) is 6.55. The van der Waals surface area contributed by atoms with E-state index in [1.807, 2.05) is 0 Å². The zero-order valence-electron chi connectivity index (χ0n) is 12.8. The summed E-state index contributed by atoms with van der Waals surface area (Å²) >= 11 is 1.61. The summed E-state index contributed by atoms with van der Waals surface area (Å²) in [5.74, 6) is 0.961. The Kier molecular flexibility index (Phi) is 2.74. The van der Waals surface area contributed by atoms with Gasteiger partial charge in [0, 0.05) is 0 Å². The van der Waals surface area contributed by atoms with Gasteiger partial charge in [-0.15, -0.1) is 0 Å². The molecular formula is C19H18N2OS. The molecule has 2 aliphatic rings. The van der Waals surface area contributed by atoms with Crippen molar-refractivity contribution in [2.24, 2.45) is 0 Å². The van der Waals surface area contributed by atoms with E-state index in [0.717, 1.165) is 29.8 Å². The molecular weight excluding hydrogens is 304 g/mol. The van der Waals surface area contributed by atoms with E-state index in [9.17, 15) is 0 Å². The van der Waals surface area contributed by atoms with Crippen LogP contribution in [0.25, 0.3) is 22.0 Å². The molecule has 5 rings (SSSR count). The maximum atomic E-state index is 6.62. The minimum atomic E-state index is -0.210. The molecule has 2 heterocycles. The van der Waals surface area contributed by atoms with E-state index in [2.05, 4.69) is 36.4 Å². The summed E-state index contributed by atoms with van der Waals surface area (Å²) in [4.78, 5) is 5.94. The molecule has 1 spiro atoms. The second kappa shape index (κ2) is 4.71. The number of rotatable bonds is 0. The van der Waals surface area contributed by atoms with E-state index >= 15 is 0 Å². The molecule has 0 bridgehead atoms. The standard InChI is InChI=1S/C19H18N2OS/c20-18-21-16-15-13-7-3-2-6-12(13)8-9-14(15)22-19(17(16)23-18)10-4-1-5-11-19/h2-3,6-9H,1,4-5,10-11H2,(H2,20,21). The number of hydrogen-bond donors (Lipinski definition) is 1. The summed E-state index contributed by atoms with van der Waals surface area (Å²) in [5, 5.41) is 3.05. The molecule has 0 radical (unpaired) electrons. The molecule has 3 nitrogen and oxygen atoms in total. The SMILES string of the molecule is Nc1nc2c(s1)C1(CCCCC1)Oc1ccc3ccccc3c1-2. The molecule has 1 aliphatic heterocycles. The third kappa shape index (κ3) is 1.84. The van der Waals surface area contributed by atoms with Crippen molar-refractivity contribution in [1.29, 1.82) is 0 Å². The van der Waals surface area contributed by atoms with Crippen LogP contribution in [0.3, 0.4) is 0 Å². The van der Waals surface area contributed by atoms with Crippen molar-refractivity contribution in [2.75, 3.05) is 5.73 Å². The van der Waals surface area contributed by atoms with Crippen molar-refractivity contribution in [3.05, 3.63) is 41.3 Å². The van der Waals surface area contributed by atoms with Gasteiger partial charge < -0.3 is 10.5 Å². The van der Waals surface area contributed by atoms with Crippen LogP contribution in [-0.4, -0.2) is 4.98 Å². The summed E-state index contributed by atoms with van der Waals surface area (Å²) in [6.45, 7) is 0. The highest BCUT2D eigenvalue weighted by Gasteiger charge is 2.44. The van der Waals surface area contributed by atoms with Crippen LogP contribution in [0.2, 0.25) is 0 Å². The first-order valence-corrected chi connectivity index (χ1v) is 9.06. The fourth-order valence-electron chi connectivity index (χ4n) is 4.10. The van der Waals surface area contributed by atoms with Crippen molar-refractivity contribution < 1.29 is 4.74 Å². The van der Waals surface area contributed by atoms with E-state index in [1.165, 1.54) is 34.9 Å². The Labute approximate surface area is 139 Å². The summed E-state index contributed by atoms with van der Waals surface area (Å²) in [5.41, 5.74) is 8.05. The minimum absolute atomic E-state index is 0.210. The van der Waals surface area contributed by atoms with Crippen LogP contribution in [0.5, 0.6) is 5.75 Å². The number of benzene rings is 2. The lowest BCUT2D eigenvalue weighted by Crippen LogP contribution is -2.37. The molecule has 2 aromatic carbocycles. The first kappa shape index (κ1) is 13.4. The molecule has 3 aromatic rings. The number of ether oxygens (including phenoxy) is 1. The molecule has 0 amide bonds. The van der Waals surface area contributed by atoms with E-state index in [4.69, 9.17) is 15.5 Å². The highest BCUT2D eigenvalue weighted by molar-refractivity contribution is 7.16. The number of hydrogen-bond acceptors (Lipinski definition) is 4. The Morgan fingerprint density at radius 3 is 2.74 bits per heavy atom. The predicted molar refractivity (Wildman–Crippen MR) is 94.9 cm³/mol. The van der Waals surface area contributed by atoms with Crippen molar-refractivity contribution in [3.8, 4) is 17.0 Å². The number of anilines is 1. The van der Waals surface area contributed by atoms with Gasteiger partial charge in [0.1, 0.15) is 11.4 Å². The summed E-state index contributed by atoms with van der Waals surface area (Å²) in [6.07, 6.45) is 5.83. The molecule has 116 valence electrons. The molecule has 2 N–H and O–H groups in total. The molecule has 1 aliphatic carbocycles. The van der Waals surface area contributed by atoms with Crippen LogP contribution in [0, 0.1) is 0 Å². The Morgan fingerprint density at radius 2 is 1.87 bits per heavy atom. The number of nitrogens with two attached hydrogens (primary N) is 1. The molecule has 4 heteroatoms. The number of nitrogens with zero attached hydrogens (tertiary/aromatic N) is 1. The lowest BCUT2D eigenvalue weighted by molar-refractivity contribution is 0.0275. The van der Waals surface area contributed by atoms with Crippen LogP contribution in [0.1, 0.15) is 37.0 Å². The lowest BCUT2D eigenvalue weighted by atomic mass is 9.80. The fourth-order valence-corrected chi connectivity index (χ4v) is 5.13. The van der Waals surface area contributed by atoms with Gasteiger partial charge in [-0.1, -0.05) is 48.1 Å². The zero-order chi connectivity index (χ0) is 15.4. The molecule has 1 saturated carbocycles. The molecule has 0 atom stereocenters. The monoisotopic (exact) mass is 322 g/mol. The van der Waals surface area contributed by atoms with Gasteiger partial charge in [0.25, 0.3) is 0 Å². The third-order valence-electron chi connectivity index (χ3n) is 5.15. The van der Waals surface area contributed by atoms with Crippen LogP contribution in [0.4, 0.5) is 5.13 Å².